The fourth-order valence-electron chi connectivity index (χ4n) is 2.10. The zero-order valence-corrected chi connectivity index (χ0v) is 11.0. The highest BCUT2D eigenvalue weighted by atomic mass is 16.5. The van der Waals surface area contributed by atoms with Crippen LogP contribution in [0.3, 0.4) is 0 Å². The van der Waals surface area contributed by atoms with E-state index in [2.05, 4.69) is 4.90 Å². The second-order valence-corrected chi connectivity index (χ2v) is 4.59. The average Bonchev–Trinajstić information content (AvgIpc) is 2.35. The molecule has 1 saturated heterocycles. The van der Waals surface area contributed by atoms with Crippen molar-refractivity contribution in [1.29, 1.82) is 0 Å². The molecule has 0 spiro atoms. The number of piperidine rings is 1. The Hall–Kier alpha value is -1.61. The first-order chi connectivity index (χ1) is 8.69. The minimum absolute atomic E-state index is 0.259. The van der Waals surface area contributed by atoms with Gasteiger partial charge in [0, 0.05) is 25.1 Å². The standard InChI is InChI=1S/C15H19NO2/c1-3-18-14-6-4-5-12(10-14)9-13-11-16(2)8-7-15(13)17/h4-6,9-10H,3,7-8,11H2,1-2H3/b13-9+. The molecule has 1 aliphatic heterocycles. The minimum Gasteiger partial charge on any atom is -0.494 e. The molecule has 1 aromatic carbocycles. The van der Waals surface area contributed by atoms with Crippen LogP contribution in [0.25, 0.3) is 6.08 Å². The van der Waals surface area contributed by atoms with Gasteiger partial charge in [-0.15, -0.1) is 0 Å². The molecule has 0 amide bonds. The number of carbonyl (C=O) groups is 1. The van der Waals surface area contributed by atoms with Crippen molar-refractivity contribution in [1.82, 2.24) is 4.90 Å². The number of ketones is 1. The first kappa shape index (κ1) is 12.8. The molecule has 96 valence electrons. The van der Waals surface area contributed by atoms with E-state index in [1.807, 2.05) is 44.3 Å². The van der Waals surface area contributed by atoms with Crippen molar-refractivity contribution >= 4 is 11.9 Å². The van der Waals surface area contributed by atoms with Crippen molar-refractivity contribution in [2.24, 2.45) is 0 Å². The van der Waals surface area contributed by atoms with Crippen LogP contribution in [0.4, 0.5) is 0 Å². The van der Waals surface area contributed by atoms with Crippen LogP contribution >= 0.6 is 0 Å². The highest BCUT2D eigenvalue weighted by Crippen LogP contribution is 2.18. The summed E-state index contributed by atoms with van der Waals surface area (Å²) in [5.74, 6) is 1.11. The number of ether oxygens (including phenoxy) is 1. The largest absolute Gasteiger partial charge is 0.494 e. The molecule has 3 heteroatoms. The quantitative estimate of drug-likeness (QED) is 0.766. The number of Topliss-reactive ketones (excluding diaryl/α,β-unsaturated/α-hetero) is 1. The second kappa shape index (κ2) is 5.83. The Kier molecular flexibility index (Phi) is 4.15. The molecular weight excluding hydrogens is 226 g/mol. The van der Waals surface area contributed by atoms with Crippen LogP contribution in [0.15, 0.2) is 29.8 Å². The molecule has 0 saturated carbocycles. The lowest BCUT2D eigenvalue weighted by atomic mass is 10.0. The minimum atomic E-state index is 0.259. The molecule has 0 unspecified atom stereocenters. The lowest BCUT2D eigenvalue weighted by Gasteiger charge is -2.23. The van der Waals surface area contributed by atoms with Crippen molar-refractivity contribution in [3.8, 4) is 5.75 Å². The highest BCUT2D eigenvalue weighted by Gasteiger charge is 2.18. The Labute approximate surface area is 108 Å². The number of nitrogens with zero attached hydrogens (tertiary/aromatic N) is 1. The predicted octanol–water partition coefficient (Wildman–Crippen LogP) is 2.37. The molecular formula is C15H19NO2. The lowest BCUT2D eigenvalue weighted by Crippen LogP contribution is -2.32. The average molecular weight is 245 g/mol. The number of rotatable bonds is 3. The fourth-order valence-corrected chi connectivity index (χ4v) is 2.10. The summed E-state index contributed by atoms with van der Waals surface area (Å²) in [6, 6.07) is 7.85. The van der Waals surface area contributed by atoms with Gasteiger partial charge in [0.25, 0.3) is 0 Å². The number of hydrogen-bond acceptors (Lipinski definition) is 3. The molecule has 3 nitrogen and oxygen atoms in total. The van der Waals surface area contributed by atoms with Gasteiger partial charge >= 0.3 is 0 Å². The van der Waals surface area contributed by atoms with Crippen molar-refractivity contribution in [2.45, 2.75) is 13.3 Å². The van der Waals surface area contributed by atoms with Crippen LogP contribution in [0, 0.1) is 0 Å². The van der Waals surface area contributed by atoms with Gasteiger partial charge in [-0.05, 0) is 37.7 Å². The van der Waals surface area contributed by atoms with Gasteiger partial charge in [-0.25, -0.2) is 0 Å². The zero-order chi connectivity index (χ0) is 13.0. The maximum absolute atomic E-state index is 11.8. The second-order valence-electron chi connectivity index (χ2n) is 4.59. The van der Waals surface area contributed by atoms with E-state index in [-0.39, 0.29) is 5.78 Å². The smallest absolute Gasteiger partial charge is 0.161 e. The Morgan fingerprint density at radius 1 is 1.44 bits per heavy atom. The molecule has 1 fully saturated rings. The summed E-state index contributed by atoms with van der Waals surface area (Å²) in [6.07, 6.45) is 2.59. The highest BCUT2D eigenvalue weighted by molar-refractivity contribution is 6.00. The third kappa shape index (κ3) is 3.20. The maximum Gasteiger partial charge on any atom is 0.161 e. The lowest BCUT2D eigenvalue weighted by molar-refractivity contribution is -0.117. The molecule has 18 heavy (non-hydrogen) atoms. The molecule has 0 radical (unpaired) electrons. The molecule has 0 aromatic heterocycles. The maximum atomic E-state index is 11.8. The Bertz CT molecular complexity index is 465. The Morgan fingerprint density at radius 3 is 3.06 bits per heavy atom. The molecule has 0 atom stereocenters. The number of carbonyl (C=O) groups excluding carboxylic acids is 1. The molecule has 0 bridgehead atoms. The van der Waals surface area contributed by atoms with Gasteiger partial charge in [0.15, 0.2) is 5.78 Å². The van der Waals surface area contributed by atoms with Gasteiger partial charge in [0.1, 0.15) is 5.75 Å². The van der Waals surface area contributed by atoms with E-state index in [1.54, 1.807) is 0 Å². The predicted molar refractivity (Wildman–Crippen MR) is 72.7 cm³/mol. The van der Waals surface area contributed by atoms with Crippen LogP contribution in [0.5, 0.6) is 5.75 Å². The first-order valence-electron chi connectivity index (χ1n) is 6.34. The molecule has 0 aliphatic carbocycles. The van der Waals surface area contributed by atoms with Crippen LogP contribution in [-0.4, -0.2) is 37.4 Å². The van der Waals surface area contributed by atoms with Crippen LogP contribution in [-0.2, 0) is 4.79 Å². The molecule has 2 rings (SSSR count). The SMILES string of the molecule is CCOc1cccc(/C=C2\CN(C)CCC2=O)c1. The van der Waals surface area contributed by atoms with Gasteiger partial charge in [-0.2, -0.15) is 0 Å². The molecule has 1 heterocycles. The number of hydrogen-bond donors (Lipinski definition) is 0. The summed E-state index contributed by atoms with van der Waals surface area (Å²) in [5.41, 5.74) is 1.91. The third-order valence-corrected chi connectivity index (χ3v) is 3.03. The summed E-state index contributed by atoms with van der Waals surface area (Å²) < 4.78 is 5.46. The summed E-state index contributed by atoms with van der Waals surface area (Å²) in [6.45, 7) is 4.21. The number of likely N-dealkylation sites (tertiary alicyclic amines) is 1. The number of benzene rings is 1. The van der Waals surface area contributed by atoms with E-state index < -0.39 is 0 Å². The van der Waals surface area contributed by atoms with Crippen molar-refractivity contribution in [3.63, 3.8) is 0 Å². The van der Waals surface area contributed by atoms with E-state index in [0.717, 1.165) is 30.0 Å². The normalized spacial score (nSPS) is 19.2. The summed E-state index contributed by atoms with van der Waals surface area (Å²) in [5, 5.41) is 0. The van der Waals surface area contributed by atoms with Gasteiger partial charge in [0.2, 0.25) is 0 Å². The van der Waals surface area contributed by atoms with E-state index in [9.17, 15) is 4.79 Å². The zero-order valence-electron chi connectivity index (χ0n) is 11.0. The van der Waals surface area contributed by atoms with E-state index in [1.165, 1.54) is 0 Å². The molecule has 1 aromatic rings. The van der Waals surface area contributed by atoms with E-state index in [4.69, 9.17) is 4.74 Å². The molecule has 0 N–H and O–H groups in total. The van der Waals surface area contributed by atoms with Crippen LogP contribution < -0.4 is 4.74 Å². The van der Waals surface area contributed by atoms with Gasteiger partial charge in [0.05, 0.1) is 6.61 Å². The van der Waals surface area contributed by atoms with Crippen molar-refractivity contribution < 1.29 is 9.53 Å². The van der Waals surface area contributed by atoms with E-state index >= 15 is 0 Å². The van der Waals surface area contributed by atoms with Crippen molar-refractivity contribution in [3.05, 3.63) is 35.4 Å². The first-order valence-corrected chi connectivity index (χ1v) is 6.34. The van der Waals surface area contributed by atoms with Crippen LogP contribution in [0.1, 0.15) is 18.9 Å². The van der Waals surface area contributed by atoms with Gasteiger partial charge in [-0.3, -0.25) is 4.79 Å². The van der Waals surface area contributed by atoms with Gasteiger partial charge in [-0.1, -0.05) is 12.1 Å². The monoisotopic (exact) mass is 245 g/mol. The number of likely N-dealkylation sites (N-methyl/N-ethyl adjacent to an activating group) is 1. The molecule has 1 aliphatic rings. The summed E-state index contributed by atoms with van der Waals surface area (Å²) >= 11 is 0. The van der Waals surface area contributed by atoms with Crippen molar-refractivity contribution in [2.75, 3.05) is 26.7 Å². The Morgan fingerprint density at radius 2 is 2.28 bits per heavy atom. The third-order valence-electron chi connectivity index (χ3n) is 3.03. The summed E-state index contributed by atoms with van der Waals surface area (Å²) in [4.78, 5) is 14.0. The topological polar surface area (TPSA) is 29.5 Å². The van der Waals surface area contributed by atoms with Crippen LogP contribution in [0.2, 0.25) is 0 Å². The summed E-state index contributed by atoms with van der Waals surface area (Å²) in [7, 11) is 2.04. The Balaban J connectivity index is 2.20. The van der Waals surface area contributed by atoms with Gasteiger partial charge < -0.3 is 9.64 Å². The fraction of sp³-hybridized carbons (Fsp3) is 0.400. The van der Waals surface area contributed by atoms with E-state index in [0.29, 0.717) is 13.0 Å².